The van der Waals surface area contributed by atoms with Gasteiger partial charge in [0.05, 0.1) is 28.2 Å². The Bertz CT molecular complexity index is 3690. The molecule has 0 radical (unpaired) electrons. The first-order chi connectivity index (χ1) is 35.3. The van der Waals surface area contributed by atoms with E-state index in [4.69, 9.17) is 9.47 Å². The second-order valence-corrected chi connectivity index (χ2v) is 18.7. The first-order valence-corrected chi connectivity index (χ1v) is 24.5. The summed E-state index contributed by atoms with van der Waals surface area (Å²) >= 11 is 0. The summed E-state index contributed by atoms with van der Waals surface area (Å²) in [5.41, 5.74) is 17.4. The van der Waals surface area contributed by atoms with Gasteiger partial charge in [-0.2, -0.15) is 0 Å². The lowest BCUT2D eigenvalue weighted by atomic mass is 9.65. The molecule has 3 aliphatic carbocycles. The van der Waals surface area contributed by atoms with Crippen molar-refractivity contribution in [3.63, 3.8) is 0 Å². The second-order valence-electron chi connectivity index (χ2n) is 18.7. The Morgan fingerprint density at radius 3 is 1.25 bits per heavy atom. The van der Waals surface area contributed by atoms with Crippen LogP contribution in [-0.2, 0) is 5.41 Å². The van der Waals surface area contributed by atoms with Crippen LogP contribution in [0.1, 0.15) is 28.2 Å². The highest BCUT2D eigenvalue weighted by atomic mass is 16.6. The first kappa shape index (κ1) is 40.9. The Morgan fingerprint density at radius 2 is 0.746 bits per heavy atom. The van der Waals surface area contributed by atoms with Gasteiger partial charge in [0.15, 0.2) is 23.0 Å². The van der Waals surface area contributed by atoms with Gasteiger partial charge in [0.25, 0.3) is 0 Å². The van der Waals surface area contributed by atoms with Crippen LogP contribution in [-0.4, -0.2) is 0 Å². The van der Waals surface area contributed by atoms with E-state index in [1.54, 1.807) is 0 Å². The van der Waals surface area contributed by atoms with E-state index < -0.39 is 5.41 Å². The van der Waals surface area contributed by atoms with Gasteiger partial charge in [-0.3, -0.25) is 0 Å². The normalized spacial score (nSPS) is 15.8. The molecule has 0 N–H and O–H groups in total. The summed E-state index contributed by atoms with van der Waals surface area (Å²) in [5, 5.41) is 0. The molecule has 14 rings (SSSR count). The van der Waals surface area contributed by atoms with Crippen molar-refractivity contribution in [2.45, 2.75) is 11.3 Å². The molecule has 4 heteroatoms. The molecule has 0 saturated carbocycles. The van der Waals surface area contributed by atoms with Gasteiger partial charge in [0.2, 0.25) is 0 Å². The van der Waals surface area contributed by atoms with Crippen molar-refractivity contribution < 1.29 is 9.47 Å². The SMILES string of the molecule is C1=CC2c3cc4c(cc3C3(c5ccccc5-c5ccccc53)C2C=C1)Oc1c(N(c2ccccc2)c2ccccc2-c2ccccc2)ccc(N(c2ccccc2)c2ccccc2-c2ccccc2)c1O4. The molecular weight excluding hydrogens is 865 g/mol. The molecule has 0 bridgehead atoms. The Morgan fingerprint density at radius 1 is 0.338 bits per heavy atom. The van der Waals surface area contributed by atoms with Crippen molar-refractivity contribution in [2.75, 3.05) is 9.80 Å². The van der Waals surface area contributed by atoms with Crippen molar-refractivity contribution in [1.29, 1.82) is 0 Å². The zero-order chi connectivity index (χ0) is 46.9. The van der Waals surface area contributed by atoms with E-state index in [0.717, 1.165) is 56.4 Å². The number of benzene rings is 10. The van der Waals surface area contributed by atoms with Crippen molar-refractivity contribution in [1.82, 2.24) is 0 Å². The number of hydrogen-bond acceptors (Lipinski definition) is 4. The molecule has 1 spiro atoms. The Balaban J connectivity index is 1.04. The average Bonchev–Trinajstić information content (AvgIpc) is 3.91. The molecule has 1 aliphatic heterocycles. The number of rotatable bonds is 8. The highest BCUT2D eigenvalue weighted by Gasteiger charge is 2.57. The largest absolute Gasteiger partial charge is 0.447 e. The molecule has 336 valence electrons. The minimum absolute atomic E-state index is 0.122. The van der Waals surface area contributed by atoms with E-state index in [1.165, 1.54) is 33.4 Å². The van der Waals surface area contributed by atoms with Crippen LogP contribution in [0.25, 0.3) is 33.4 Å². The van der Waals surface area contributed by atoms with Crippen LogP contribution in [0.2, 0.25) is 0 Å². The monoisotopic (exact) mass is 910 g/mol. The number of allylic oxidation sites excluding steroid dienone is 4. The highest BCUT2D eigenvalue weighted by molar-refractivity contribution is 5.96. The molecule has 0 fully saturated rings. The number of anilines is 6. The maximum Gasteiger partial charge on any atom is 0.196 e. The number of ether oxygens (including phenoxy) is 2. The van der Waals surface area contributed by atoms with E-state index in [1.807, 2.05) is 0 Å². The third kappa shape index (κ3) is 6.31. The van der Waals surface area contributed by atoms with E-state index >= 15 is 0 Å². The van der Waals surface area contributed by atoms with Crippen LogP contribution in [0.3, 0.4) is 0 Å². The van der Waals surface area contributed by atoms with Crippen LogP contribution < -0.4 is 19.3 Å². The predicted molar refractivity (Wildman–Crippen MR) is 290 cm³/mol. The summed E-state index contributed by atoms with van der Waals surface area (Å²) in [5.74, 6) is 2.89. The summed E-state index contributed by atoms with van der Waals surface area (Å²) in [6.07, 6.45) is 9.26. The third-order valence-corrected chi connectivity index (χ3v) is 15.0. The summed E-state index contributed by atoms with van der Waals surface area (Å²) in [6, 6.07) is 86.7. The summed E-state index contributed by atoms with van der Waals surface area (Å²) < 4.78 is 15.3. The van der Waals surface area contributed by atoms with E-state index in [-0.39, 0.29) is 11.8 Å². The molecule has 10 aromatic carbocycles. The molecule has 0 amide bonds. The summed E-state index contributed by atoms with van der Waals surface area (Å²) in [6.45, 7) is 0. The second kappa shape index (κ2) is 16.5. The fourth-order valence-electron chi connectivity index (χ4n) is 12.1. The molecule has 0 aromatic heterocycles. The Labute approximate surface area is 414 Å². The minimum atomic E-state index is -0.437. The fourth-order valence-corrected chi connectivity index (χ4v) is 12.1. The van der Waals surface area contributed by atoms with E-state index in [0.29, 0.717) is 23.0 Å². The van der Waals surface area contributed by atoms with Crippen molar-refractivity contribution >= 4 is 34.1 Å². The van der Waals surface area contributed by atoms with E-state index in [2.05, 4.69) is 277 Å². The van der Waals surface area contributed by atoms with E-state index in [9.17, 15) is 0 Å². The van der Waals surface area contributed by atoms with Crippen molar-refractivity contribution in [2.24, 2.45) is 5.92 Å². The quantitative estimate of drug-likeness (QED) is 0.152. The zero-order valence-corrected chi connectivity index (χ0v) is 38.8. The maximum atomic E-state index is 7.68. The van der Waals surface area contributed by atoms with Crippen LogP contribution in [0.4, 0.5) is 34.1 Å². The van der Waals surface area contributed by atoms with Crippen molar-refractivity contribution in [3.05, 3.63) is 289 Å². The van der Waals surface area contributed by atoms with Crippen LogP contribution >= 0.6 is 0 Å². The maximum absolute atomic E-state index is 7.68. The molecule has 4 aliphatic rings. The molecule has 10 aromatic rings. The molecule has 2 unspecified atom stereocenters. The number of nitrogens with zero attached hydrogens (tertiary/aromatic N) is 2. The minimum Gasteiger partial charge on any atom is -0.447 e. The summed E-state index contributed by atoms with van der Waals surface area (Å²) in [7, 11) is 0. The van der Waals surface area contributed by atoms with Crippen LogP contribution in [0, 0.1) is 5.92 Å². The Hall–Kier alpha value is -9.12. The van der Waals surface area contributed by atoms with Gasteiger partial charge in [0, 0.05) is 34.3 Å². The van der Waals surface area contributed by atoms with Crippen LogP contribution in [0.5, 0.6) is 23.0 Å². The molecule has 0 saturated heterocycles. The Kier molecular flexibility index (Phi) is 9.53. The van der Waals surface area contributed by atoms with Gasteiger partial charge in [-0.1, -0.05) is 206 Å². The predicted octanol–water partition coefficient (Wildman–Crippen LogP) is 18.0. The lowest BCUT2D eigenvalue weighted by Gasteiger charge is -2.37. The highest BCUT2D eigenvalue weighted by Crippen LogP contribution is 2.68. The molecule has 71 heavy (non-hydrogen) atoms. The van der Waals surface area contributed by atoms with Gasteiger partial charge >= 0.3 is 0 Å². The molecule has 1 heterocycles. The van der Waals surface area contributed by atoms with Gasteiger partial charge in [-0.05, 0) is 105 Å². The topological polar surface area (TPSA) is 24.9 Å². The molecular formula is C67H46N2O2. The van der Waals surface area contributed by atoms with Gasteiger partial charge in [-0.15, -0.1) is 0 Å². The molecule has 4 nitrogen and oxygen atoms in total. The summed E-state index contributed by atoms with van der Waals surface area (Å²) in [4.78, 5) is 4.65. The van der Waals surface area contributed by atoms with Crippen molar-refractivity contribution in [3.8, 4) is 56.4 Å². The zero-order valence-electron chi connectivity index (χ0n) is 38.8. The number of para-hydroxylation sites is 4. The van der Waals surface area contributed by atoms with Gasteiger partial charge < -0.3 is 19.3 Å². The number of hydrogen-bond donors (Lipinski definition) is 0. The van der Waals surface area contributed by atoms with Gasteiger partial charge in [-0.25, -0.2) is 0 Å². The lowest BCUT2D eigenvalue weighted by molar-refractivity contribution is 0.360. The molecule has 2 atom stereocenters. The number of fused-ring (bicyclic) bond motifs is 12. The van der Waals surface area contributed by atoms with Crippen LogP contribution in [0.15, 0.2) is 267 Å². The lowest BCUT2D eigenvalue weighted by Crippen LogP contribution is -2.32. The standard InChI is InChI=1S/C67H46N2O2/c1-5-23-45(24-6-1)49-31-16-21-39-59(49)68(47-27-9-3-10-28-47)61-41-42-62(69(48-29-11-4-12-30-48)60-40-22-17-32-50(60)46-25-7-2-8-26-46)66-65(61)70-63-43-54-53-35-15-20-38-57(53)67(58(54)44-64(63)71-66)55-36-18-13-33-51(55)52-34-14-19-37-56(52)67/h1-44,53,57H. The average molecular weight is 911 g/mol. The fraction of sp³-hybridized carbons (Fsp3) is 0.0448. The first-order valence-electron chi connectivity index (χ1n) is 24.5. The third-order valence-electron chi connectivity index (χ3n) is 15.0. The smallest absolute Gasteiger partial charge is 0.196 e. The van der Waals surface area contributed by atoms with Gasteiger partial charge in [0.1, 0.15) is 0 Å².